The van der Waals surface area contributed by atoms with Crippen molar-refractivity contribution in [3.05, 3.63) is 47.0 Å². The number of nitrogens with one attached hydrogen (secondary N) is 1. The maximum Gasteiger partial charge on any atom is 0.342 e. The predicted octanol–water partition coefficient (Wildman–Crippen LogP) is 3.29. The van der Waals surface area contributed by atoms with Crippen molar-refractivity contribution in [1.29, 1.82) is 0 Å². The standard InChI is InChI=1S/C22H26ClN3O6S/c1-14(32-22(28)17-12-18(23)19(24)13-20(17)31-2)21(27)25-15-6-8-16(9-7-15)33(29,30)26-10-4-3-5-11-26/h6-9,12-14H,3-5,10-11,24H2,1-2H3,(H,25,27)/t14-/m0/s1. The van der Waals surface area contributed by atoms with Crippen molar-refractivity contribution >= 4 is 44.9 Å². The number of halogens is 1. The Hall–Kier alpha value is -2.82. The van der Waals surface area contributed by atoms with Crippen molar-refractivity contribution < 1.29 is 27.5 Å². The van der Waals surface area contributed by atoms with Crippen LogP contribution in [0.1, 0.15) is 36.5 Å². The van der Waals surface area contributed by atoms with E-state index in [1.165, 1.54) is 54.7 Å². The number of methoxy groups -OCH3 is 1. The Morgan fingerprint density at radius 1 is 1.12 bits per heavy atom. The summed E-state index contributed by atoms with van der Waals surface area (Å²) in [6.45, 7) is 2.43. The highest BCUT2D eigenvalue weighted by molar-refractivity contribution is 7.89. The van der Waals surface area contributed by atoms with Crippen LogP contribution in [0, 0.1) is 0 Å². The first kappa shape index (κ1) is 24.8. The van der Waals surface area contributed by atoms with Gasteiger partial charge in [0.25, 0.3) is 5.91 Å². The quantitative estimate of drug-likeness (QED) is 0.445. The molecule has 0 saturated carbocycles. The number of benzene rings is 2. The topological polar surface area (TPSA) is 128 Å². The van der Waals surface area contributed by atoms with Gasteiger partial charge in [-0.2, -0.15) is 4.31 Å². The number of anilines is 2. The number of nitrogens with zero attached hydrogens (tertiary/aromatic N) is 1. The molecule has 1 amide bonds. The van der Waals surface area contributed by atoms with Crippen LogP contribution in [0.5, 0.6) is 5.75 Å². The number of hydrogen-bond donors (Lipinski definition) is 2. The highest BCUT2D eigenvalue weighted by Gasteiger charge is 2.26. The molecule has 1 aliphatic heterocycles. The fraction of sp³-hybridized carbons (Fsp3) is 0.364. The lowest BCUT2D eigenvalue weighted by Gasteiger charge is -2.25. The number of piperidine rings is 1. The number of carbonyl (C=O) groups is 2. The lowest BCUT2D eigenvalue weighted by atomic mass is 10.2. The van der Waals surface area contributed by atoms with Crippen LogP contribution >= 0.6 is 11.6 Å². The summed E-state index contributed by atoms with van der Waals surface area (Å²) >= 11 is 5.97. The number of hydrogen-bond acceptors (Lipinski definition) is 7. The third-order valence-corrected chi connectivity index (χ3v) is 7.51. The van der Waals surface area contributed by atoms with Crippen molar-refractivity contribution in [1.82, 2.24) is 4.31 Å². The van der Waals surface area contributed by atoms with Gasteiger partial charge < -0.3 is 20.5 Å². The molecule has 1 atom stereocenters. The Labute approximate surface area is 197 Å². The molecule has 0 unspecified atom stereocenters. The second kappa shape index (κ2) is 10.4. The van der Waals surface area contributed by atoms with Gasteiger partial charge >= 0.3 is 5.97 Å². The molecule has 0 aliphatic carbocycles. The molecule has 9 nitrogen and oxygen atoms in total. The van der Waals surface area contributed by atoms with Gasteiger partial charge in [0.05, 0.1) is 22.7 Å². The van der Waals surface area contributed by atoms with Crippen LogP contribution in [-0.4, -0.2) is 50.9 Å². The van der Waals surface area contributed by atoms with Gasteiger partial charge in [-0.1, -0.05) is 18.0 Å². The van der Waals surface area contributed by atoms with Crippen LogP contribution in [0.4, 0.5) is 11.4 Å². The van der Waals surface area contributed by atoms with E-state index in [0.717, 1.165) is 19.3 Å². The van der Waals surface area contributed by atoms with Crippen LogP contribution in [0.2, 0.25) is 5.02 Å². The Kier molecular flexibility index (Phi) is 7.83. The monoisotopic (exact) mass is 495 g/mol. The lowest BCUT2D eigenvalue weighted by Crippen LogP contribution is -2.35. The zero-order valence-electron chi connectivity index (χ0n) is 18.3. The van der Waals surface area contributed by atoms with Gasteiger partial charge in [0, 0.05) is 24.8 Å². The summed E-state index contributed by atoms with van der Waals surface area (Å²) in [5, 5.41) is 2.76. The zero-order valence-corrected chi connectivity index (χ0v) is 19.9. The molecule has 0 radical (unpaired) electrons. The van der Waals surface area contributed by atoms with E-state index in [0.29, 0.717) is 18.8 Å². The molecule has 1 aliphatic rings. The molecular formula is C22H26ClN3O6S. The number of esters is 1. The maximum absolute atomic E-state index is 12.7. The van der Waals surface area contributed by atoms with Gasteiger partial charge in [-0.05, 0) is 50.1 Å². The predicted molar refractivity (Wildman–Crippen MR) is 125 cm³/mol. The van der Waals surface area contributed by atoms with E-state index >= 15 is 0 Å². The summed E-state index contributed by atoms with van der Waals surface area (Å²) in [5.41, 5.74) is 6.35. The van der Waals surface area contributed by atoms with Crippen LogP contribution < -0.4 is 15.8 Å². The second-order valence-electron chi connectivity index (χ2n) is 7.60. The number of carbonyl (C=O) groups excluding carboxylic acids is 2. The minimum absolute atomic E-state index is 0.0311. The van der Waals surface area contributed by atoms with Gasteiger partial charge in [0.2, 0.25) is 10.0 Å². The number of rotatable bonds is 7. The molecule has 33 heavy (non-hydrogen) atoms. The average molecular weight is 496 g/mol. The smallest absolute Gasteiger partial charge is 0.342 e. The van der Waals surface area contributed by atoms with Crippen molar-refractivity contribution in [3.8, 4) is 5.75 Å². The molecule has 1 heterocycles. The molecule has 0 aromatic heterocycles. The highest BCUT2D eigenvalue weighted by Crippen LogP contribution is 2.29. The number of ether oxygens (including phenoxy) is 2. The van der Waals surface area contributed by atoms with E-state index in [9.17, 15) is 18.0 Å². The maximum atomic E-state index is 12.7. The summed E-state index contributed by atoms with van der Waals surface area (Å²) in [5.74, 6) is -1.23. The van der Waals surface area contributed by atoms with E-state index in [1.54, 1.807) is 0 Å². The first-order valence-corrected chi connectivity index (χ1v) is 12.2. The van der Waals surface area contributed by atoms with Crippen LogP contribution in [-0.2, 0) is 19.6 Å². The number of nitrogen functional groups attached to an aromatic ring is 1. The molecule has 1 saturated heterocycles. The molecule has 178 valence electrons. The molecule has 0 bridgehead atoms. The lowest BCUT2D eigenvalue weighted by molar-refractivity contribution is -0.123. The van der Waals surface area contributed by atoms with Crippen LogP contribution in [0.25, 0.3) is 0 Å². The normalized spacial score (nSPS) is 15.5. The SMILES string of the molecule is COc1cc(N)c(Cl)cc1C(=O)O[C@@H](C)C(=O)Nc1ccc(S(=O)(=O)N2CCCCC2)cc1. The largest absolute Gasteiger partial charge is 0.496 e. The number of nitrogens with two attached hydrogens (primary N) is 1. The van der Waals surface area contributed by atoms with E-state index in [4.69, 9.17) is 26.8 Å². The molecule has 2 aromatic carbocycles. The van der Waals surface area contributed by atoms with Crippen LogP contribution in [0.3, 0.4) is 0 Å². The second-order valence-corrected chi connectivity index (χ2v) is 9.95. The first-order chi connectivity index (χ1) is 15.6. The number of amides is 1. The van der Waals surface area contributed by atoms with Gasteiger partial charge in [0.15, 0.2) is 6.10 Å². The molecule has 1 fully saturated rings. The summed E-state index contributed by atoms with van der Waals surface area (Å²) in [4.78, 5) is 25.2. The van der Waals surface area contributed by atoms with Crippen molar-refractivity contribution in [2.75, 3.05) is 31.2 Å². The van der Waals surface area contributed by atoms with E-state index in [2.05, 4.69) is 5.32 Å². The molecule has 3 N–H and O–H groups in total. The molecule has 0 spiro atoms. The first-order valence-electron chi connectivity index (χ1n) is 10.4. The molecule has 11 heteroatoms. The third kappa shape index (κ3) is 5.76. The minimum atomic E-state index is -3.56. The Balaban J connectivity index is 1.64. The van der Waals surface area contributed by atoms with Crippen LogP contribution in [0.15, 0.2) is 41.3 Å². The third-order valence-electron chi connectivity index (χ3n) is 5.27. The summed E-state index contributed by atoms with van der Waals surface area (Å²) < 4.78 is 37.3. The van der Waals surface area contributed by atoms with Crippen molar-refractivity contribution in [2.24, 2.45) is 0 Å². The fourth-order valence-corrected chi connectivity index (χ4v) is 5.06. The fourth-order valence-electron chi connectivity index (χ4n) is 3.38. The van der Waals surface area contributed by atoms with Gasteiger partial charge in [0.1, 0.15) is 11.3 Å². The van der Waals surface area contributed by atoms with E-state index in [1.807, 2.05) is 0 Å². The summed E-state index contributed by atoms with van der Waals surface area (Å²) in [6, 6.07) is 8.57. The Morgan fingerprint density at radius 3 is 2.36 bits per heavy atom. The van der Waals surface area contributed by atoms with E-state index in [-0.39, 0.29) is 26.9 Å². The minimum Gasteiger partial charge on any atom is -0.496 e. The molecule has 2 aromatic rings. The highest BCUT2D eigenvalue weighted by atomic mass is 35.5. The van der Waals surface area contributed by atoms with Gasteiger partial charge in [-0.25, -0.2) is 13.2 Å². The summed E-state index contributed by atoms with van der Waals surface area (Å²) in [6.07, 6.45) is 1.57. The average Bonchev–Trinajstić information content (AvgIpc) is 2.81. The van der Waals surface area contributed by atoms with Gasteiger partial charge in [-0.15, -0.1) is 0 Å². The van der Waals surface area contributed by atoms with Gasteiger partial charge in [-0.3, -0.25) is 4.79 Å². The number of sulfonamides is 1. The molecular weight excluding hydrogens is 470 g/mol. The Morgan fingerprint density at radius 2 is 1.76 bits per heavy atom. The zero-order chi connectivity index (χ0) is 24.2. The molecule has 3 rings (SSSR count). The Bertz CT molecular complexity index is 1130. The van der Waals surface area contributed by atoms with Crippen molar-refractivity contribution in [3.63, 3.8) is 0 Å². The van der Waals surface area contributed by atoms with E-state index < -0.39 is 28.0 Å². The van der Waals surface area contributed by atoms with Crippen molar-refractivity contribution in [2.45, 2.75) is 37.2 Å². The summed E-state index contributed by atoms with van der Waals surface area (Å²) in [7, 11) is -2.20.